The van der Waals surface area contributed by atoms with Gasteiger partial charge < -0.3 is 9.84 Å². The Morgan fingerprint density at radius 2 is 2.07 bits per heavy atom. The van der Waals surface area contributed by atoms with Crippen molar-refractivity contribution in [3.05, 3.63) is 30.0 Å². The highest BCUT2D eigenvalue weighted by atomic mass is 32.2. The number of benzene rings is 1. The van der Waals surface area contributed by atoms with Crippen molar-refractivity contribution in [2.24, 2.45) is 0 Å². The number of rotatable bonds is 7. The normalized spacial score (nSPS) is 12.0. The summed E-state index contributed by atoms with van der Waals surface area (Å²) in [5, 5.41) is 14.4. The van der Waals surface area contributed by atoms with Gasteiger partial charge in [-0.2, -0.15) is 0 Å². The molecule has 144 valence electrons. The Hall–Kier alpha value is -2.79. The number of aromatic nitrogens is 4. The molecule has 2 aromatic heterocycles. The van der Waals surface area contributed by atoms with Gasteiger partial charge in [0.25, 0.3) is 0 Å². The number of anilines is 1. The van der Waals surface area contributed by atoms with Crippen LogP contribution in [0.25, 0.3) is 11.0 Å². The third-order valence-corrected chi connectivity index (χ3v) is 5.74. The van der Waals surface area contributed by atoms with Gasteiger partial charge in [-0.15, -0.1) is 5.10 Å². The number of nitrogens with one attached hydrogen (secondary N) is 1. The van der Waals surface area contributed by atoms with Crippen LogP contribution in [0, 0.1) is 6.92 Å². The van der Waals surface area contributed by atoms with Crippen LogP contribution in [0.5, 0.6) is 0 Å². The summed E-state index contributed by atoms with van der Waals surface area (Å²) in [4.78, 5) is 12.1. The van der Waals surface area contributed by atoms with Gasteiger partial charge in [-0.1, -0.05) is 10.4 Å². The van der Waals surface area contributed by atoms with Crippen LogP contribution in [0.1, 0.15) is 18.6 Å². The van der Waals surface area contributed by atoms with Gasteiger partial charge in [0.05, 0.1) is 10.4 Å². The molecule has 0 unspecified atom stereocenters. The molecule has 0 aliphatic heterocycles. The van der Waals surface area contributed by atoms with Crippen molar-refractivity contribution in [1.29, 1.82) is 0 Å². The third kappa shape index (κ3) is 4.14. The zero-order valence-corrected chi connectivity index (χ0v) is 16.0. The summed E-state index contributed by atoms with van der Waals surface area (Å²) in [5.41, 5.74) is 1.20. The molecule has 27 heavy (non-hydrogen) atoms. The maximum absolute atomic E-state index is 12.2. The summed E-state index contributed by atoms with van der Waals surface area (Å²) in [5.74, 6) is 0.834. The number of carbonyl (C=O) groups excluding carboxylic acids is 1. The van der Waals surface area contributed by atoms with Gasteiger partial charge in [-0.05, 0) is 31.5 Å². The molecule has 0 radical (unpaired) electrons. The van der Waals surface area contributed by atoms with Gasteiger partial charge in [-0.3, -0.25) is 4.79 Å². The van der Waals surface area contributed by atoms with Gasteiger partial charge in [0.1, 0.15) is 11.3 Å². The van der Waals surface area contributed by atoms with E-state index in [9.17, 15) is 13.2 Å². The number of sulfonamides is 1. The summed E-state index contributed by atoms with van der Waals surface area (Å²) in [6.45, 7) is 2.22. The van der Waals surface area contributed by atoms with Crippen LogP contribution in [0.3, 0.4) is 0 Å². The molecule has 3 aromatic rings. The quantitative estimate of drug-likeness (QED) is 0.644. The smallest absolute Gasteiger partial charge is 0.242 e. The highest BCUT2D eigenvalue weighted by Gasteiger charge is 2.18. The lowest BCUT2D eigenvalue weighted by Crippen LogP contribution is -2.22. The fourth-order valence-electron chi connectivity index (χ4n) is 2.51. The molecule has 1 amide bonds. The van der Waals surface area contributed by atoms with Gasteiger partial charge >= 0.3 is 0 Å². The van der Waals surface area contributed by atoms with Crippen LogP contribution in [-0.2, 0) is 21.4 Å². The second-order valence-electron chi connectivity index (χ2n) is 6.23. The molecule has 11 heteroatoms. The molecule has 0 saturated heterocycles. The SMILES string of the molecule is Cc1cc(NC(=O)CCCn2nnc3cc(S(=O)(=O)N(C)C)ccc32)no1. The maximum Gasteiger partial charge on any atom is 0.242 e. The fraction of sp³-hybridized carbons (Fsp3) is 0.375. The Kier molecular flexibility index (Phi) is 5.24. The number of nitrogens with zero attached hydrogens (tertiary/aromatic N) is 5. The van der Waals surface area contributed by atoms with Crippen molar-refractivity contribution in [3.8, 4) is 0 Å². The Balaban J connectivity index is 1.63. The van der Waals surface area contributed by atoms with Gasteiger partial charge in [0, 0.05) is 33.1 Å². The Bertz CT molecular complexity index is 1070. The summed E-state index contributed by atoms with van der Waals surface area (Å²) >= 11 is 0. The van der Waals surface area contributed by atoms with E-state index in [4.69, 9.17) is 4.52 Å². The van der Waals surface area contributed by atoms with Crippen molar-refractivity contribution < 1.29 is 17.7 Å². The van der Waals surface area contributed by atoms with E-state index in [1.165, 1.54) is 26.2 Å². The predicted octanol–water partition coefficient (Wildman–Crippen LogP) is 1.40. The van der Waals surface area contributed by atoms with Crippen LogP contribution in [-0.4, -0.2) is 52.9 Å². The highest BCUT2D eigenvalue weighted by molar-refractivity contribution is 7.89. The van der Waals surface area contributed by atoms with E-state index in [0.29, 0.717) is 35.6 Å². The van der Waals surface area contributed by atoms with E-state index in [1.54, 1.807) is 23.7 Å². The van der Waals surface area contributed by atoms with Crippen LogP contribution in [0.15, 0.2) is 33.7 Å². The summed E-state index contributed by atoms with van der Waals surface area (Å²) in [7, 11) is -0.578. The lowest BCUT2D eigenvalue weighted by molar-refractivity contribution is -0.116. The zero-order chi connectivity index (χ0) is 19.6. The molecule has 10 nitrogen and oxygen atoms in total. The van der Waals surface area contributed by atoms with Gasteiger partial charge in [-0.25, -0.2) is 17.4 Å². The number of hydrogen-bond acceptors (Lipinski definition) is 7. The molecule has 0 bridgehead atoms. The van der Waals surface area contributed by atoms with E-state index in [-0.39, 0.29) is 17.2 Å². The first kappa shape index (κ1) is 19.0. The van der Waals surface area contributed by atoms with E-state index >= 15 is 0 Å². The molecule has 0 aliphatic carbocycles. The van der Waals surface area contributed by atoms with Crippen molar-refractivity contribution in [3.63, 3.8) is 0 Å². The zero-order valence-electron chi connectivity index (χ0n) is 15.2. The van der Waals surface area contributed by atoms with E-state index < -0.39 is 10.0 Å². The van der Waals surface area contributed by atoms with Crippen LogP contribution >= 0.6 is 0 Å². The summed E-state index contributed by atoms with van der Waals surface area (Å²) < 4.78 is 32.1. The van der Waals surface area contributed by atoms with E-state index in [0.717, 1.165) is 4.31 Å². The van der Waals surface area contributed by atoms with Gasteiger partial charge in [0.15, 0.2) is 5.82 Å². The second kappa shape index (κ2) is 7.45. The minimum Gasteiger partial charge on any atom is -0.360 e. The average Bonchev–Trinajstić information content (AvgIpc) is 3.20. The molecule has 3 rings (SSSR count). The molecule has 1 N–H and O–H groups in total. The van der Waals surface area contributed by atoms with Gasteiger partial charge in [0.2, 0.25) is 15.9 Å². The number of aryl methyl sites for hydroxylation is 2. The molecular formula is C16H20N6O4S. The Labute approximate surface area is 156 Å². The van der Waals surface area contributed by atoms with E-state index in [2.05, 4.69) is 20.8 Å². The van der Waals surface area contributed by atoms with Crippen LogP contribution in [0.2, 0.25) is 0 Å². The number of fused-ring (bicyclic) bond motifs is 1. The Morgan fingerprint density at radius 1 is 1.30 bits per heavy atom. The molecule has 0 spiro atoms. The van der Waals surface area contributed by atoms with Crippen molar-refractivity contribution in [2.45, 2.75) is 31.2 Å². The summed E-state index contributed by atoms with van der Waals surface area (Å²) in [6, 6.07) is 6.33. The lowest BCUT2D eigenvalue weighted by Gasteiger charge is -2.11. The molecular weight excluding hydrogens is 372 g/mol. The minimum absolute atomic E-state index is 0.161. The first-order valence-corrected chi connectivity index (χ1v) is 9.70. The summed E-state index contributed by atoms with van der Waals surface area (Å²) in [6.07, 6.45) is 0.819. The van der Waals surface area contributed by atoms with Crippen molar-refractivity contribution in [2.75, 3.05) is 19.4 Å². The molecule has 2 heterocycles. The van der Waals surface area contributed by atoms with Crippen LogP contribution < -0.4 is 5.32 Å². The lowest BCUT2D eigenvalue weighted by atomic mass is 10.2. The molecule has 0 saturated carbocycles. The number of carbonyl (C=O) groups is 1. The molecule has 0 atom stereocenters. The predicted molar refractivity (Wildman–Crippen MR) is 97.5 cm³/mol. The number of amides is 1. The fourth-order valence-corrected chi connectivity index (χ4v) is 3.43. The third-order valence-electron chi connectivity index (χ3n) is 3.93. The number of hydrogen-bond donors (Lipinski definition) is 1. The molecule has 0 aliphatic rings. The second-order valence-corrected chi connectivity index (χ2v) is 8.38. The van der Waals surface area contributed by atoms with E-state index in [1.807, 2.05) is 0 Å². The topological polar surface area (TPSA) is 123 Å². The highest BCUT2D eigenvalue weighted by Crippen LogP contribution is 2.19. The molecule has 1 aromatic carbocycles. The maximum atomic E-state index is 12.2. The monoisotopic (exact) mass is 392 g/mol. The first-order chi connectivity index (χ1) is 12.8. The minimum atomic E-state index is -3.53. The average molecular weight is 392 g/mol. The Morgan fingerprint density at radius 3 is 2.74 bits per heavy atom. The standard InChI is InChI=1S/C16H20N6O4S/c1-11-9-15(19-26-11)17-16(23)5-4-8-22-14-7-6-12(10-13(14)18-20-22)27(24,25)21(2)3/h6-7,9-10H,4-5,8H2,1-3H3,(H,17,19,23). The van der Waals surface area contributed by atoms with Crippen molar-refractivity contribution >= 4 is 32.8 Å². The first-order valence-electron chi connectivity index (χ1n) is 8.26. The molecule has 0 fully saturated rings. The van der Waals surface area contributed by atoms with Crippen LogP contribution in [0.4, 0.5) is 5.82 Å². The largest absolute Gasteiger partial charge is 0.360 e. The van der Waals surface area contributed by atoms with Crippen molar-refractivity contribution in [1.82, 2.24) is 24.5 Å².